The van der Waals surface area contributed by atoms with Crippen LogP contribution in [0.1, 0.15) is 49.4 Å². The average Bonchev–Trinajstić information content (AvgIpc) is 2.95. The Morgan fingerprint density at radius 3 is 2.57 bits per heavy atom. The highest BCUT2D eigenvalue weighted by Crippen LogP contribution is 2.40. The smallest absolute Gasteiger partial charge is 0.415 e. The standard InChI is InChI=1S/C33H41N7O4/c1-21-15-25(7-8-26(21)37-29(41)20-38-10-6-11-38)36-28-16-24-19-39(12-9-23(24)17-34-28)27-18-35-31-30(22(27)2)40(13-14-43-31)32(42)44-33(3,4)5/h7-8,15-18H,6,9-14,19-20H2,1-5H3,(H,34,36)(H,37,41). The van der Waals surface area contributed by atoms with Gasteiger partial charge in [-0.05, 0) is 102 Å². The van der Waals surface area contributed by atoms with Crippen LogP contribution in [0, 0.1) is 13.8 Å². The summed E-state index contributed by atoms with van der Waals surface area (Å²) >= 11 is 0. The molecule has 11 heteroatoms. The van der Waals surface area contributed by atoms with Crippen LogP contribution < -0.4 is 25.2 Å². The van der Waals surface area contributed by atoms with Crippen LogP contribution in [0.25, 0.3) is 0 Å². The zero-order chi connectivity index (χ0) is 31.0. The van der Waals surface area contributed by atoms with Crippen molar-refractivity contribution in [1.29, 1.82) is 0 Å². The first-order valence-electron chi connectivity index (χ1n) is 15.3. The van der Waals surface area contributed by atoms with Gasteiger partial charge in [-0.1, -0.05) is 0 Å². The molecule has 1 aromatic carbocycles. The van der Waals surface area contributed by atoms with Gasteiger partial charge in [0.15, 0.2) is 0 Å². The van der Waals surface area contributed by atoms with Gasteiger partial charge in [0.05, 0.1) is 25.0 Å². The fourth-order valence-electron chi connectivity index (χ4n) is 5.82. The van der Waals surface area contributed by atoms with Crippen molar-refractivity contribution in [3.63, 3.8) is 0 Å². The number of carbonyl (C=O) groups is 2. The van der Waals surface area contributed by atoms with E-state index in [1.54, 1.807) is 4.90 Å². The number of aromatic nitrogens is 2. The van der Waals surface area contributed by atoms with Gasteiger partial charge in [0.1, 0.15) is 23.7 Å². The summed E-state index contributed by atoms with van der Waals surface area (Å²) in [5.74, 6) is 1.22. The van der Waals surface area contributed by atoms with Gasteiger partial charge in [-0.3, -0.25) is 14.6 Å². The molecule has 3 aliphatic heterocycles. The summed E-state index contributed by atoms with van der Waals surface area (Å²) < 4.78 is 11.5. The van der Waals surface area contributed by atoms with Crippen LogP contribution in [0.2, 0.25) is 0 Å². The molecule has 11 nitrogen and oxygen atoms in total. The van der Waals surface area contributed by atoms with Crippen molar-refractivity contribution < 1.29 is 19.1 Å². The van der Waals surface area contributed by atoms with Crippen LogP contribution in [-0.4, -0.2) is 71.8 Å². The maximum atomic E-state index is 13.1. The third-order valence-corrected chi connectivity index (χ3v) is 8.21. The van der Waals surface area contributed by atoms with E-state index >= 15 is 0 Å². The molecule has 44 heavy (non-hydrogen) atoms. The number of likely N-dealkylation sites (tertiary alicyclic amines) is 1. The first-order chi connectivity index (χ1) is 21.0. The average molecular weight is 600 g/mol. The van der Waals surface area contributed by atoms with Crippen molar-refractivity contribution in [3.05, 3.63) is 58.9 Å². The summed E-state index contributed by atoms with van der Waals surface area (Å²) in [4.78, 5) is 40.8. The quantitative estimate of drug-likeness (QED) is 0.396. The number of hydrogen-bond donors (Lipinski definition) is 2. The van der Waals surface area contributed by atoms with Gasteiger partial charge in [-0.15, -0.1) is 0 Å². The minimum Gasteiger partial charge on any atom is -0.474 e. The fraction of sp³-hybridized carbons (Fsp3) is 0.455. The molecule has 3 aromatic rings. The second-order valence-electron chi connectivity index (χ2n) is 12.7. The first kappa shape index (κ1) is 29.7. The number of pyridine rings is 2. The molecular weight excluding hydrogens is 558 g/mol. The van der Waals surface area contributed by atoms with Crippen molar-refractivity contribution in [3.8, 4) is 5.88 Å². The lowest BCUT2D eigenvalue weighted by Gasteiger charge is -2.35. The minimum absolute atomic E-state index is 0.0175. The van der Waals surface area contributed by atoms with Crippen LogP contribution in [-0.2, 0) is 22.5 Å². The van der Waals surface area contributed by atoms with E-state index in [-0.39, 0.29) is 5.91 Å². The molecule has 0 atom stereocenters. The van der Waals surface area contributed by atoms with E-state index in [1.807, 2.05) is 65.2 Å². The number of ether oxygens (including phenoxy) is 2. The maximum Gasteiger partial charge on any atom is 0.415 e. The molecule has 1 saturated heterocycles. The Hall–Kier alpha value is -4.38. The van der Waals surface area contributed by atoms with Crippen molar-refractivity contribution in [2.45, 2.75) is 59.6 Å². The highest BCUT2D eigenvalue weighted by atomic mass is 16.6. The molecule has 6 rings (SSSR count). The number of hydrogen-bond acceptors (Lipinski definition) is 9. The molecule has 2 aromatic heterocycles. The number of rotatable bonds is 6. The van der Waals surface area contributed by atoms with Crippen LogP contribution in [0.4, 0.5) is 33.4 Å². The number of benzene rings is 1. The van der Waals surface area contributed by atoms with Crippen molar-refractivity contribution in [2.75, 3.05) is 59.8 Å². The molecule has 0 saturated carbocycles. The first-order valence-corrected chi connectivity index (χ1v) is 15.3. The Kier molecular flexibility index (Phi) is 8.06. The van der Waals surface area contributed by atoms with Crippen molar-refractivity contribution in [2.24, 2.45) is 0 Å². The maximum absolute atomic E-state index is 13.1. The lowest BCUT2D eigenvalue weighted by molar-refractivity contribution is -0.118. The molecule has 0 radical (unpaired) electrons. The van der Waals surface area contributed by atoms with Crippen molar-refractivity contribution >= 4 is 40.6 Å². The van der Waals surface area contributed by atoms with Gasteiger partial charge in [0.25, 0.3) is 0 Å². The second kappa shape index (κ2) is 12.0. The third-order valence-electron chi connectivity index (χ3n) is 8.21. The van der Waals surface area contributed by atoms with Gasteiger partial charge in [-0.25, -0.2) is 14.8 Å². The van der Waals surface area contributed by atoms with Gasteiger partial charge < -0.3 is 25.0 Å². The SMILES string of the molecule is Cc1cc(Nc2cc3c(cn2)CCN(c2cnc4c(c2C)N(C(=O)OC(C)(C)C)CCO4)C3)ccc1NC(=O)CN1CCC1. The van der Waals surface area contributed by atoms with Crippen LogP contribution in [0.3, 0.4) is 0 Å². The number of carbonyl (C=O) groups excluding carboxylic acids is 2. The summed E-state index contributed by atoms with van der Waals surface area (Å²) in [6.07, 6.45) is 5.40. The van der Waals surface area contributed by atoms with Gasteiger partial charge in [0, 0.05) is 36.2 Å². The lowest BCUT2D eigenvalue weighted by atomic mass is 10.0. The molecule has 0 aliphatic carbocycles. The molecule has 2 amide bonds. The van der Waals surface area contributed by atoms with E-state index in [4.69, 9.17) is 9.47 Å². The number of fused-ring (bicyclic) bond motifs is 2. The normalized spacial score (nSPS) is 16.3. The summed E-state index contributed by atoms with van der Waals surface area (Å²) in [7, 11) is 0. The minimum atomic E-state index is -0.602. The van der Waals surface area contributed by atoms with Crippen LogP contribution >= 0.6 is 0 Å². The monoisotopic (exact) mass is 599 g/mol. The van der Waals surface area contributed by atoms with Crippen LogP contribution in [0.5, 0.6) is 5.88 Å². The number of amides is 2. The highest BCUT2D eigenvalue weighted by Gasteiger charge is 2.32. The third kappa shape index (κ3) is 6.42. The molecule has 1 fully saturated rings. The summed E-state index contributed by atoms with van der Waals surface area (Å²) in [6, 6.07) is 8.01. The Morgan fingerprint density at radius 2 is 1.84 bits per heavy atom. The predicted octanol–water partition coefficient (Wildman–Crippen LogP) is 5.18. The lowest BCUT2D eigenvalue weighted by Crippen LogP contribution is -2.42. The Balaban J connectivity index is 1.16. The van der Waals surface area contributed by atoms with Gasteiger partial charge >= 0.3 is 6.09 Å². The molecule has 0 unspecified atom stereocenters. The van der Waals surface area contributed by atoms with E-state index in [1.165, 1.54) is 11.1 Å². The molecule has 232 valence electrons. The topological polar surface area (TPSA) is 112 Å². The zero-order valence-corrected chi connectivity index (χ0v) is 26.2. The van der Waals surface area contributed by atoms with E-state index in [0.717, 1.165) is 66.5 Å². The predicted molar refractivity (Wildman–Crippen MR) is 171 cm³/mol. The number of anilines is 5. The molecular formula is C33H41N7O4. The second-order valence-corrected chi connectivity index (χ2v) is 12.7. The molecule has 5 heterocycles. The summed E-state index contributed by atoms with van der Waals surface area (Å²) in [5, 5.41) is 6.46. The molecule has 0 spiro atoms. The summed E-state index contributed by atoms with van der Waals surface area (Å²) in [6.45, 7) is 14.3. The number of nitrogens with one attached hydrogen (secondary N) is 2. The number of nitrogens with zero attached hydrogens (tertiary/aromatic N) is 5. The molecule has 3 aliphatic rings. The zero-order valence-electron chi connectivity index (χ0n) is 26.2. The molecule has 0 bridgehead atoms. The Bertz CT molecular complexity index is 1580. The van der Waals surface area contributed by atoms with Crippen LogP contribution in [0.15, 0.2) is 36.7 Å². The Labute approximate surface area is 258 Å². The molecule has 2 N–H and O–H groups in total. The largest absolute Gasteiger partial charge is 0.474 e. The van der Waals surface area contributed by atoms with Crippen molar-refractivity contribution in [1.82, 2.24) is 14.9 Å². The highest BCUT2D eigenvalue weighted by molar-refractivity contribution is 5.93. The Morgan fingerprint density at radius 1 is 1.02 bits per heavy atom. The van der Waals surface area contributed by atoms with E-state index in [2.05, 4.69) is 36.5 Å². The van der Waals surface area contributed by atoms with E-state index in [0.29, 0.717) is 37.8 Å². The number of aryl methyl sites for hydroxylation is 1. The summed E-state index contributed by atoms with van der Waals surface area (Å²) in [5.41, 5.74) is 7.06. The fourth-order valence-corrected chi connectivity index (χ4v) is 5.82. The van der Waals surface area contributed by atoms with Gasteiger partial charge in [-0.2, -0.15) is 0 Å². The van der Waals surface area contributed by atoms with Gasteiger partial charge in [0.2, 0.25) is 11.8 Å². The van der Waals surface area contributed by atoms with E-state index in [9.17, 15) is 9.59 Å². The van der Waals surface area contributed by atoms with E-state index < -0.39 is 11.7 Å².